The number of aromatic nitrogens is 6. The molecule has 0 aliphatic heterocycles. The van der Waals surface area contributed by atoms with E-state index < -0.39 is 5.97 Å². The average molecular weight is 1050 g/mol. The highest BCUT2D eigenvalue weighted by atomic mass is 16.5. The number of para-hydroxylation sites is 1. The Balaban J connectivity index is 1.20. The van der Waals surface area contributed by atoms with E-state index in [1.807, 2.05) is 72.8 Å². The van der Waals surface area contributed by atoms with Crippen LogP contribution in [0, 0.1) is 0 Å². The van der Waals surface area contributed by atoms with E-state index in [0.717, 1.165) is 130 Å². The molecular formula is C72H68N6O2. The van der Waals surface area contributed by atoms with E-state index in [1.165, 1.54) is 22.3 Å². The van der Waals surface area contributed by atoms with Gasteiger partial charge in [-0.05, 0) is 145 Å². The van der Waals surface area contributed by atoms with Gasteiger partial charge < -0.3 is 9.30 Å². The van der Waals surface area contributed by atoms with E-state index in [1.54, 1.807) is 12.1 Å². The number of benzene rings is 8. The molecule has 3 heterocycles. The van der Waals surface area contributed by atoms with E-state index in [9.17, 15) is 4.79 Å². The van der Waals surface area contributed by atoms with Gasteiger partial charge >= 0.3 is 5.97 Å². The van der Waals surface area contributed by atoms with Gasteiger partial charge in [-0.2, -0.15) is 0 Å². The fourth-order valence-corrected chi connectivity index (χ4v) is 10.6. The zero-order chi connectivity index (χ0) is 55.2. The number of rotatable bonds is 18. The van der Waals surface area contributed by atoms with Gasteiger partial charge in [-0.3, -0.25) is 0 Å². The molecule has 8 aromatic carbocycles. The zero-order valence-electron chi connectivity index (χ0n) is 46.8. The molecular weight excluding hydrogens is 981 g/mol. The Labute approximate surface area is 470 Å². The first-order valence-electron chi connectivity index (χ1n) is 28.5. The Bertz CT molecular complexity index is 3910. The number of aryl methyl sites for hydroxylation is 3. The van der Waals surface area contributed by atoms with Crippen molar-refractivity contribution >= 4 is 27.8 Å². The van der Waals surface area contributed by atoms with Gasteiger partial charge in [0, 0.05) is 44.2 Å². The van der Waals surface area contributed by atoms with Crippen LogP contribution in [0.2, 0.25) is 0 Å². The van der Waals surface area contributed by atoms with Gasteiger partial charge in [0.15, 0.2) is 23.3 Å². The number of ether oxygens (including phenoxy) is 1. The van der Waals surface area contributed by atoms with Crippen molar-refractivity contribution in [1.82, 2.24) is 29.5 Å². The summed E-state index contributed by atoms with van der Waals surface area (Å²) in [4.78, 5) is 40.7. The van der Waals surface area contributed by atoms with Crippen LogP contribution in [0.25, 0.3) is 95.6 Å². The van der Waals surface area contributed by atoms with Gasteiger partial charge in [0.05, 0.1) is 33.7 Å². The van der Waals surface area contributed by atoms with Gasteiger partial charge in [-0.15, -0.1) is 0 Å². The highest BCUT2D eigenvalue weighted by Gasteiger charge is 2.24. The smallest absolute Gasteiger partial charge is 0.343 e. The van der Waals surface area contributed by atoms with Crippen molar-refractivity contribution < 1.29 is 9.53 Å². The van der Waals surface area contributed by atoms with Crippen LogP contribution in [0.1, 0.15) is 113 Å². The fraction of sp³-hybridized carbons (Fsp3) is 0.222. The molecule has 0 fully saturated rings. The number of unbranched alkanes of at least 4 members (excludes halogenated alkanes) is 3. The summed E-state index contributed by atoms with van der Waals surface area (Å²) >= 11 is 0. The highest BCUT2D eigenvalue weighted by Crippen LogP contribution is 2.41. The van der Waals surface area contributed by atoms with Crippen LogP contribution in [0.4, 0.5) is 0 Å². The maximum Gasteiger partial charge on any atom is 0.343 e. The number of esters is 1. The zero-order valence-corrected chi connectivity index (χ0v) is 46.8. The van der Waals surface area contributed by atoms with Gasteiger partial charge in [-0.1, -0.05) is 176 Å². The summed E-state index contributed by atoms with van der Waals surface area (Å²) in [7, 11) is 0. The van der Waals surface area contributed by atoms with Crippen molar-refractivity contribution in [3.63, 3.8) is 0 Å². The lowest BCUT2D eigenvalue weighted by Gasteiger charge is -2.21. The second-order valence-electron chi connectivity index (χ2n) is 22.0. The van der Waals surface area contributed by atoms with E-state index in [4.69, 9.17) is 29.7 Å². The summed E-state index contributed by atoms with van der Waals surface area (Å²) in [5.74, 6) is 2.45. The lowest BCUT2D eigenvalue weighted by atomic mass is 9.84. The van der Waals surface area contributed by atoms with Crippen LogP contribution >= 0.6 is 0 Å². The van der Waals surface area contributed by atoms with E-state index in [2.05, 4.69) is 155 Å². The Hall–Kier alpha value is -8.88. The Morgan fingerprint density at radius 2 is 0.963 bits per heavy atom. The number of hydrogen-bond donors (Lipinski definition) is 0. The number of hydrogen-bond acceptors (Lipinski definition) is 7. The quantitative estimate of drug-likeness (QED) is 0.0624. The first-order valence-corrected chi connectivity index (χ1v) is 28.5. The van der Waals surface area contributed by atoms with Crippen molar-refractivity contribution in [3.8, 4) is 79.5 Å². The van der Waals surface area contributed by atoms with Gasteiger partial charge in [0.2, 0.25) is 0 Å². The highest BCUT2D eigenvalue weighted by molar-refractivity contribution is 6.10. The minimum atomic E-state index is -0.414. The molecule has 0 spiro atoms. The Kier molecular flexibility index (Phi) is 15.7. The molecule has 0 bridgehead atoms. The first kappa shape index (κ1) is 53.1. The molecule has 8 heteroatoms. The number of carbonyl (C=O) groups is 1. The molecule has 0 saturated heterocycles. The number of nitrogens with zero attached hydrogens (tertiary/aromatic N) is 6. The van der Waals surface area contributed by atoms with E-state index >= 15 is 0 Å². The molecule has 0 amide bonds. The standard InChI is InChI=1S/C72H68N6O2/c1-7-10-24-48-39-49(25-11-8-2)41-55(40-48)68-75-69(56-42-50(26-12-9-3)43-57(44-56)72(4,5)6)77-70(76-68)61-45-54(63-47-62(51-27-16-13-17-28-51)73-67(74-63)52-29-18-14-19-30-52)35-37-66(61)78-64-34-23-22-33-59(64)60-46-58(36-38-65(60)78)80-71(79)53-31-20-15-21-32-53/h13-23,27-47H,7-12,24-26H2,1-6H3. The predicted octanol–water partition coefficient (Wildman–Crippen LogP) is 18.3. The number of fused-ring (bicyclic) bond motifs is 3. The second kappa shape index (κ2) is 23.6. The summed E-state index contributed by atoms with van der Waals surface area (Å²) in [6.45, 7) is 13.6. The minimum absolute atomic E-state index is 0.121. The van der Waals surface area contributed by atoms with Crippen LogP contribution in [0.15, 0.2) is 194 Å². The largest absolute Gasteiger partial charge is 0.423 e. The average Bonchev–Trinajstić information content (AvgIpc) is 3.83. The third-order valence-electron chi connectivity index (χ3n) is 15.0. The summed E-state index contributed by atoms with van der Waals surface area (Å²) in [6.07, 6.45) is 9.49. The lowest BCUT2D eigenvalue weighted by molar-refractivity contribution is 0.0735. The van der Waals surface area contributed by atoms with Crippen molar-refractivity contribution in [2.45, 2.75) is 105 Å². The summed E-state index contributed by atoms with van der Waals surface area (Å²) in [5, 5.41) is 1.94. The third kappa shape index (κ3) is 11.6. The molecule has 398 valence electrons. The maximum atomic E-state index is 13.5. The number of carbonyl (C=O) groups excluding carboxylic acids is 1. The Morgan fingerprint density at radius 1 is 0.438 bits per heavy atom. The third-order valence-corrected chi connectivity index (χ3v) is 15.0. The van der Waals surface area contributed by atoms with Crippen molar-refractivity contribution in [3.05, 3.63) is 222 Å². The van der Waals surface area contributed by atoms with Gasteiger partial charge in [-0.25, -0.2) is 29.7 Å². The molecule has 11 aromatic rings. The molecule has 0 N–H and O–H groups in total. The maximum absolute atomic E-state index is 13.5. The molecule has 3 aromatic heterocycles. The topological polar surface area (TPSA) is 95.7 Å². The predicted molar refractivity (Wildman–Crippen MR) is 328 cm³/mol. The molecule has 0 saturated carbocycles. The van der Waals surface area contributed by atoms with Crippen LogP contribution in [0.5, 0.6) is 5.75 Å². The SMILES string of the molecule is CCCCc1cc(CCCC)cc(-c2nc(-c3cc(CCCC)cc(C(C)(C)C)c3)nc(-c3cc(-c4cc(-c5ccccc5)nc(-c5ccccc5)n4)ccc3-n3c4ccccc4c4cc(OC(=O)c5ccccc5)ccc43)n2)c1. The minimum Gasteiger partial charge on any atom is -0.423 e. The molecule has 80 heavy (non-hydrogen) atoms. The normalized spacial score (nSPS) is 11.6. The van der Waals surface area contributed by atoms with Crippen LogP contribution < -0.4 is 4.74 Å². The summed E-state index contributed by atoms with van der Waals surface area (Å²) < 4.78 is 8.35. The Morgan fingerprint density at radius 3 is 1.59 bits per heavy atom. The van der Waals surface area contributed by atoms with E-state index in [0.29, 0.717) is 34.6 Å². The van der Waals surface area contributed by atoms with Gasteiger partial charge in [0.1, 0.15) is 5.75 Å². The lowest BCUT2D eigenvalue weighted by Crippen LogP contribution is -2.12. The first-order chi connectivity index (χ1) is 39.0. The monoisotopic (exact) mass is 1050 g/mol. The van der Waals surface area contributed by atoms with Crippen LogP contribution in [0.3, 0.4) is 0 Å². The molecule has 11 rings (SSSR count). The van der Waals surface area contributed by atoms with Gasteiger partial charge in [0.25, 0.3) is 0 Å². The van der Waals surface area contributed by atoms with Crippen LogP contribution in [-0.2, 0) is 24.7 Å². The molecule has 0 atom stereocenters. The molecule has 0 aliphatic rings. The summed E-state index contributed by atoms with van der Waals surface area (Å²) in [6, 6.07) is 66.4. The van der Waals surface area contributed by atoms with Crippen molar-refractivity contribution in [2.75, 3.05) is 0 Å². The summed E-state index contributed by atoms with van der Waals surface area (Å²) in [5.41, 5.74) is 15.3. The molecule has 8 nitrogen and oxygen atoms in total. The fourth-order valence-electron chi connectivity index (χ4n) is 10.6. The van der Waals surface area contributed by atoms with Crippen molar-refractivity contribution in [1.29, 1.82) is 0 Å². The molecule has 0 radical (unpaired) electrons. The second-order valence-corrected chi connectivity index (χ2v) is 22.0. The molecule has 0 unspecified atom stereocenters. The molecule has 0 aliphatic carbocycles. The van der Waals surface area contributed by atoms with E-state index in [-0.39, 0.29) is 5.41 Å². The van der Waals surface area contributed by atoms with Crippen molar-refractivity contribution in [2.24, 2.45) is 0 Å². The van der Waals surface area contributed by atoms with Crippen LogP contribution in [-0.4, -0.2) is 35.5 Å².